The van der Waals surface area contributed by atoms with Crippen LogP contribution in [-0.4, -0.2) is 75.5 Å². The molecule has 0 aliphatic rings. The first-order valence-corrected chi connectivity index (χ1v) is 25.8. The molecule has 0 amide bonds. The molecule has 0 spiro atoms. The molecule has 0 aromatic rings. The smallest absolute Gasteiger partial charge is 0.306 e. The minimum atomic E-state index is -1.13. The summed E-state index contributed by atoms with van der Waals surface area (Å²) in [6, 6.07) is -0.738. The van der Waals surface area contributed by atoms with E-state index in [1.165, 1.54) is 64.2 Å². The number of esters is 2. The first-order chi connectivity index (χ1) is 31.6. The molecule has 0 saturated carbocycles. The van der Waals surface area contributed by atoms with Gasteiger partial charge in [0.2, 0.25) is 0 Å². The molecule has 8 nitrogen and oxygen atoms in total. The lowest BCUT2D eigenvalue weighted by molar-refractivity contribution is -0.889. The van der Waals surface area contributed by atoms with Gasteiger partial charge in [0.05, 0.1) is 40.3 Å². The summed E-state index contributed by atoms with van der Waals surface area (Å²) in [4.78, 5) is 37.0. The van der Waals surface area contributed by atoms with Gasteiger partial charge in [-0.25, -0.2) is 0 Å². The molecule has 65 heavy (non-hydrogen) atoms. The highest BCUT2D eigenvalue weighted by Gasteiger charge is 2.25. The van der Waals surface area contributed by atoms with E-state index in [9.17, 15) is 19.5 Å². The Labute approximate surface area is 398 Å². The molecule has 0 fully saturated rings. The second-order valence-corrected chi connectivity index (χ2v) is 18.0. The molecule has 370 valence electrons. The predicted octanol–water partition coefficient (Wildman–Crippen LogP) is 13.7. The number of carbonyl (C=O) groups excluding carboxylic acids is 3. The van der Waals surface area contributed by atoms with Gasteiger partial charge >= 0.3 is 11.9 Å². The highest BCUT2D eigenvalue weighted by atomic mass is 16.6. The van der Waals surface area contributed by atoms with Gasteiger partial charge < -0.3 is 28.6 Å². The Bertz CT molecular complexity index is 1380. The van der Waals surface area contributed by atoms with Gasteiger partial charge in [0.15, 0.2) is 6.10 Å². The van der Waals surface area contributed by atoms with Crippen LogP contribution in [0.25, 0.3) is 0 Å². The van der Waals surface area contributed by atoms with Crippen molar-refractivity contribution in [3.63, 3.8) is 0 Å². The fraction of sp³-hybridized carbons (Fsp3) is 0.667. The zero-order valence-corrected chi connectivity index (χ0v) is 42.1. The van der Waals surface area contributed by atoms with E-state index in [0.717, 1.165) is 96.3 Å². The lowest BCUT2D eigenvalue weighted by Gasteiger charge is -2.34. The first-order valence-electron chi connectivity index (χ1n) is 25.8. The van der Waals surface area contributed by atoms with Gasteiger partial charge in [0.25, 0.3) is 0 Å². The van der Waals surface area contributed by atoms with Crippen LogP contribution in [0.2, 0.25) is 0 Å². The summed E-state index contributed by atoms with van der Waals surface area (Å²) in [7, 11) is 5.39. The number of aliphatic carboxylic acids is 1. The Morgan fingerprint density at radius 1 is 0.477 bits per heavy atom. The predicted molar refractivity (Wildman–Crippen MR) is 272 cm³/mol. The quantitative estimate of drug-likeness (QED) is 0.0259. The zero-order valence-electron chi connectivity index (χ0n) is 42.1. The second-order valence-electron chi connectivity index (χ2n) is 18.0. The highest BCUT2D eigenvalue weighted by molar-refractivity contribution is 5.70. The maximum atomic E-state index is 12.8. The SMILES string of the molecule is CC/C=C/C/C=C/C/C=C/C/C=C/C/C=C/CCCCCC(=O)OCC(COCCC(C(=O)[O-])[N+](C)(C)C)OC(=O)CCCCCCCCCCC/C=C/C/C=C/C/C=C/CCCCC. The molecular formula is C57H95NO7. The number of nitrogens with zero attached hydrogens (tertiary/aromatic N) is 1. The number of rotatable bonds is 45. The van der Waals surface area contributed by atoms with E-state index in [1.807, 2.05) is 0 Å². The van der Waals surface area contributed by atoms with Crippen molar-refractivity contribution in [3.8, 4) is 0 Å². The molecule has 2 atom stereocenters. The lowest BCUT2D eigenvalue weighted by atomic mass is 10.1. The van der Waals surface area contributed by atoms with E-state index < -0.39 is 18.1 Å². The Hall–Kier alpha value is -3.75. The van der Waals surface area contributed by atoms with Crippen molar-refractivity contribution in [3.05, 3.63) is 97.2 Å². The van der Waals surface area contributed by atoms with E-state index >= 15 is 0 Å². The minimum Gasteiger partial charge on any atom is -0.544 e. The number of unbranched alkanes of at least 4 members (excludes halogenated alkanes) is 15. The van der Waals surface area contributed by atoms with E-state index in [0.29, 0.717) is 12.8 Å². The van der Waals surface area contributed by atoms with Crippen molar-refractivity contribution in [1.82, 2.24) is 0 Å². The molecule has 0 aliphatic carbocycles. The average molecular weight is 906 g/mol. The van der Waals surface area contributed by atoms with E-state index in [-0.39, 0.29) is 42.7 Å². The number of allylic oxidation sites excluding steroid dienone is 16. The number of carbonyl (C=O) groups is 3. The Balaban J connectivity index is 4.33. The highest BCUT2D eigenvalue weighted by Crippen LogP contribution is 2.14. The van der Waals surface area contributed by atoms with Gasteiger partial charge in [-0.2, -0.15) is 0 Å². The summed E-state index contributed by atoms with van der Waals surface area (Å²) in [5, 5.41) is 11.7. The largest absolute Gasteiger partial charge is 0.544 e. The topological polar surface area (TPSA) is 102 Å². The van der Waals surface area contributed by atoms with Gasteiger partial charge in [-0.05, 0) is 96.3 Å². The summed E-state index contributed by atoms with van der Waals surface area (Å²) >= 11 is 0. The van der Waals surface area contributed by atoms with Gasteiger partial charge in [-0.15, -0.1) is 0 Å². The van der Waals surface area contributed by atoms with Crippen LogP contribution >= 0.6 is 0 Å². The molecule has 0 aromatic heterocycles. The van der Waals surface area contributed by atoms with Crippen LogP contribution in [0.1, 0.15) is 194 Å². The first kappa shape index (κ1) is 61.2. The Kier molecular flexibility index (Phi) is 44.1. The summed E-state index contributed by atoms with van der Waals surface area (Å²) in [5.41, 5.74) is 0. The molecule has 0 saturated heterocycles. The minimum absolute atomic E-state index is 0.0220. The third kappa shape index (κ3) is 45.2. The molecule has 0 bridgehead atoms. The molecule has 0 aromatic carbocycles. The number of likely N-dealkylation sites (N-methyl/N-ethyl adjacent to an activating group) is 1. The molecule has 0 heterocycles. The third-order valence-electron chi connectivity index (χ3n) is 11.0. The summed E-state index contributed by atoms with van der Waals surface area (Å²) < 4.78 is 17.2. The monoisotopic (exact) mass is 906 g/mol. The standard InChI is InChI=1S/C57H95NO7/c1-6-8-10-12-14-16-18-20-22-24-26-27-28-30-32-34-36-38-40-42-44-46-48-56(60)65-53(51-63-50-49-54(57(61)62)58(3,4)5)52-64-55(59)47-45-43-41-39-37-35-33-31-29-25-23-21-19-17-15-13-11-9-7-2/h9,11,14-17,20-23,26-27,29,31,35,37,53-54H,6-8,10,12-13,18-19,24-25,28,30,32-34,36,38-52H2,1-5H3/b11-9+,16-14+,17-15+,22-20+,23-21+,27-26+,31-29+,37-35+. The van der Waals surface area contributed by atoms with Crippen molar-refractivity contribution in [2.24, 2.45) is 0 Å². The third-order valence-corrected chi connectivity index (χ3v) is 11.0. The van der Waals surface area contributed by atoms with Crippen LogP contribution in [0.3, 0.4) is 0 Å². The van der Waals surface area contributed by atoms with Gasteiger partial charge in [0, 0.05) is 19.3 Å². The van der Waals surface area contributed by atoms with Gasteiger partial charge in [-0.1, -0.05) is 175 Å². The fourth-order valence-corrected chi connectivity index (χ4v) is 6.99. The number of hydrogen-bond donors (Lipinski definition) is 0. The molecule has 8 heteroatoms. The number of carboxylic acids is 1. The van der Waals surface area contributed by atoms with Crippen molar-refractivity contribution in [2.75, 3.05) is 41.0 Å². The fourth-order valence-electron chi connectivity index (χ4n) is 6.99. The summed E-state index contributed by atoms with van der Waals surface area (Å²) in [5.74, 6) is -1.79. The number of hydrogen-bond acceptors (Lipinski definition) is 7. The zero-order chi connectivity index (χ0) is 47.7. The summed E-state index contributed by atoms with van der Waals surface area (Å²) in [6.07, 6.45) is 62.9. The Morgan fingerprint density at radius 2 is 0.862 bits per heavy atom. The normalized spacial score (nSPS) is 13.7. The molecular weight excluding hydrogens is 811 g/mol. The van der Waals surface area contributed by atoms with Crippen LogP contribution in [0, 0.1) is 0 Å². The number of quaternary nitrogens is 1. The number of ether oxygens (including phenoxy) is 3. The van der Waals surface area contributed by atoms with Crippen LogP contribution < -0.4 is 5.11 Å². The van der Waals surface area contributed by atoms with Crippen LogP contribution in [0.15, 0.2) is 97.2 Å². The number of carboxylic acid groups (broad SMARTS) is 1. The Morgan fingerprint density at radius 3 is 1.29 bits per heavy atom. The van der Waals surface area contributed by atoms with Crippen molar-refractivity contribution in [1.29, 1.82) is 0 Å². The van der Waals surface area contributed by atoms with Crippen LogP contribution in [-0.2, 0) is 28.6 Å². The molecule has 0 radical (unpaired) electrons. The van der Waals surface area contributed by atoms with Crippen molar-refractivity contribution < 1.29 is 38.2 Å². The van der Waals surface area contributed by atoms with Crippen LogP contribution in [0.4, 0.5) is 0 Å². The van der Waals surface area contributed by atoms with Gasteiger partial charge in [0.1, 0.15) is 12.6 Å². The molecule has 0 aliphatic heterocycles. The summed E-state index contributed by atoms with van der Waals surface area (Å²) in [6.45, 7) is 4.48. The van der Waals surface area contributed by atoms with Crippen molar-refractivity contribution in [2.45, 2.75) is 206 Å². The lowest BCUT2D eigenvalue weighted by Crippen LogP contribution is -2.55. The van der Waals surface area contributed by atoms with Gasteiger partial charge in [-0.3, -0.25) is 9.59 Å². The molecule has 2 unspecified atom stereocenters. The average Bonchev–Trinajstić information content (AvgIpc) is 3.27. The second kappa shape index (κ2) is 46.8. The van der Waals surface area contributed by atoms with E-state index in [4.69, 9.17) is 14.2 Å². The molecule has 0 rings (SSSR count). The molecule has 0 N–H and O–H groups in total. The maximum absolute atomic E-state index is 12.8. The van der Waals surface area contributed by atoms with Crippen LogP contribution in [0.5, 0.6) is 0 Å². The van der Waals surface area contributed by atoms with E-state index in [1.54, 1.807) is 21.1 Å². The maximum Gasteiger partial charge on any atom is 0.306 e. The van der Waals surface area contributed by atoms with E-state index in [2.05, 4.69) is 111 Å². The van der Waals surface area contributed by atoms with Crippen molar-refractivity contribution >= 4 is 17.9 Å².